The highest BCUT2D eigenvalue weighted by molar-refractivity contribution is 5.69. The van der Waals surface area contributed by atoms with Crippen LogP contribution >= 0.6 is 0 Å². The maximum absolute atomic E-state index is 5.52. The van der Waals surface area contributed by atoms with Crippen LogP contribution in [0.5, 0.6) is 17.2 Å². The minimum atomic E-state index is 0.248. The maximum Gasteiger partial charge on any atom is 0.161 e. The van der Waals surface area contributed by atoms with Crippen molar-refractivity contribution in [3.8, 4) is 28.4 Å². The Morgan fingerprint density at radius 2 is 1.66 bits per heavy atom. The summed E-state index contributed by atoms with van der Waals surface area (Å²) in [4.78, 5) is 4.23. The van der Waals surface area contributed by atoms with E-state index in [-0.39, 0.29) is 6.04 Å². The molecule has 0 spiro atoms. The molecule has 0 fully saturated rings. The van der Waals surface area contributed by atoms with Crippen LogP contribution in [0.3, 0.4) is 0 Å². The lowest BCUT2D eigenvalue weighted by Crippen LogP contribution is -2.31. The number of methoxy groups -OCH3 is 3. The van der Waals surface area contributed by atoms with Crippen LogP contribution in [0.4, 0.5) is 0 Å². The van der Waals surface area contributed by atoms with E-state index in [1.54, 1.807) is 27.5 Å². The molecule has 1 atom stereocenters. The highest BCUT2D eigenvalue weighted by Crippen LogP contribution is 2.36. The number of hydrogen-bond donors (Lipinski definition) is 1. The largest absolute Gasteiger partial charge is 0.496 e. The van der Waals surface area contributed by atoms with Crippen molar-refractivity contribution in [1.82, 2.24) is 10.3 Å². The first-order valence-electron chi connectivity index (χ1n) is 9.79. The first-order valence-corrected chi connectivity index (χ1v) is 9.79. The van der Waals surface area contributed by atoms with Crippen molar-refractivity contribution in [3.05, 3.63) is 71.5 Å². The third-order valence-corrected chi connectivity index (χ3v) is 5.51. The molecule has 0 saturated heterocycles. The van der Waals surface area contributed by atoms with Crippen molar-refractivity contribution in [1.29, 1.82) is 0 Å². The Balaban J connectivity index is 1.58. The van der Waals surface area contributed by atoms with E-state index in [0.717, 1.165) is 47.8 Å². The smallest absolute Gasteiger partial charge is 0.161 e. The molecule has 1 aromatic heterocycles. The Bertz CT molecular complexity index is 986. The van der Waals surface area contributed by atoms with E-state index in [4.69, 9.17) is 14.2 Å². The quantitative estimate of drug-likeness (QED) is 0.684. The second-order valence-electron chi connectivity index (χ2n) is 7.14. The molecule has 0 aliphatic carbocycles. The third kappa shape index (κ3) is 3.91. The second-order valence-corrected chi connectivity index (χ2v) is 7.14. The number of aromatic nitrogens is 1. The lowest BCUT2D eigenvalue weighted by molar-refractivity contribution is 0.352. The summed E-state index contributed by atoms with van der Waals surface area (Å²) in [5.41, 5.74) is 5.98. The fourth-order valence-corrected chi connectivity index (χ4v) is 3.98. The number of nitrogens with zero attached hydrogens (tertiary/aromatic N) is 1. The minimum Gasteiger partial charge on any atom is -0.496 e. The summed E-state index contributed by atoms with van der Waals surface area (Å²) >= 11 is 0. The Morgan fingerprint density at radius 1 is 0.931 bits per heavy atom. The highest BCUT2D eigenvalue weighted by Gasteiger charge is 2.23. The van der Waals surface area contributed by atoms with Gasteiger partial charge < -0.3 is 19.5 Å². The van der Waals surface area contributed by atoms with Gasteiger partial charge in [0.2, 0.25) is 0 Å². The van der Waals surface area contributed by atoms with Crippen LogP contribution in [0.1, 0.15) is 22.7 Å². The van der Waals surface area contributed by atoms with Gasteiger partial charge in [0.05, 0.1) is 21.3 Å². The lowest BCUT2D eigenvalue weighted by Gasteiger charge is -2.28. The summed E-state index contributed by atoms with van der Waals surface area (Å²) in [5.74, 6) is 2.40. The Hall–Kier alpha value is -3.05. The molecule has 1 aliphatic rings. The van der Waals surface area contributed by atoms with Crippen molar-refractivity contribution in [3.63, 3.8) is 0 Å². The molecule has 0 saturated carbocycles. The van der Waals surface area contributed by atoms with Crippen molar-refractivity contribution in [2.24, 2.45) is 0 Å². The van der Waals surface area contributed by atoms with Crippen LogP contribution in [0.15, 0.2) is 54.9 Å². The molecule has 1 unspecified atom stereocenters. The number of nitrogens with one attached hydrogen (secondary N) is 1. The monoisotopic (exact) mass is 390 g/mol. The lowest BCUT2D eigenvalue weighted by atomic mass is 9.89. The highest BCUT2D eigenvalue weighted by atomic mass is 16.5. The number of fused-ring (bicyclic) bond motifs is 1. The van der Waals surface area contributed by atoms with Gasteiger partial charge in [-0.2, -0.15) is 0 Å². The van der Waals surface area contributed by atoms with Gasteiger partial charge in [-0.3, -0.25) is 4.98 Å². The first kappa shape index (κ1) is 19.3. The topological polar surface area (TPSA) is 52.6 Å². The molecule has 0 bridgehead atoms. The molecule has 1 N–H and O–H groups in total. The molecule has 29 heavy (non-hydrogen) atoms. The van der Waals surface area contributed by atoms with Crippen LogP contribution in [-0.4, -0.2) is 32.9 Å². The number of rotatable bonds is 6. The van der Waals surface area contributed by atoms with E-state index in [0.29, 0.717) is 0 Å². The number of pyridine rings is 1. The zero-order chi connectivity index (χ0) is 20.2. The summed E-state index contributed by atoms with van der Waals surface area (Å²) in [5, 5.41) is 3.65. The normalized spacial score (nSPS) is 15.5. The zero-order valence-corrected chi connectivity index (χ0v) is 17.1. The third-order valence-electron chi connectivity index (χ3n) is 5.51. The van der Waals surface area contributed by atoms with Crippen LogP contribution in [0.25, 0.3) is 11.1 Å². The van der Waals surface area contributed by atoms with Crippen molar-refractivity contribution < 1.29 is 14.2 Å². The van der Waals surface area contributed by atoms with Gasteiger partial charge in [-0.05, 0) is 59.8 Å². The van der Waals surface area contributed by atoms with E-state index in [2.05, 4.69) is 46.7 Å². The molecule has 5 nitrogen and oxygen atoms in total. The average molecular weight is 390 g/mol. The maximum atomic E-state index is 5.52. The van der Waals surface area contributed by atoms with Crippen molar-refractivity contribution in [2.75, 3.05) is 27.9 Å². The molecule has 2 aromatic carbocycles. The summed E-state index contributed by atoms with van der Waals surface area (Å²) in [6.07, 6.45) is 5.48. The van der Waals surface area contributed by atoms with Gasteiger partial charge in [0.1, 0.15) is 5.75 Å². The molecular weight excluding hydrogens is 364 g/mol. The summed E-state index contributed by atoms with van der Waals surface area (Å²) in [7, 11) is 5.05. The predicted molar refractivity (Wildman–Crippen MR) is 114 cm³/mol. The standard InChI is InChI=1S/C24H26N2O3/c1-27-22-9-10-25-15-20(22)17-6-4-16(5-7-17)12-21-19-14-24(29-3)23(28-2)13-18(19)8-11-26-21/h4-7,9-10,13-15,21,26H,8,11-12H2,1-3H3. The van der Waals surface area contributed by atoms with Gasteiger partial charge in [-0.25, -0.2) is 0 Å². The fraction of sp³-hybridized carbons (Fsp3) is 0.292. The van der Waals surface area contributed by atoms with E-state index in [1.807, 2.05) is 12.3 Å². The number of hydrogen-bond acceptors (Lipinski definition) is 5. The zero-order valence-electron chi connectivity index (χ0n) is 17.1. The fourth-order valence-electron chi connectivity index (χ4n) is 3.98. The first-order chi connectivity index (χ1) is 14.2. The van der Waals surface area contributed by atoms with E-state index < -0.39 is 0 Å². The molecule has 2 heterocycles. The van der Waals surface area contributed by atoms with Gasteiger partial charge in [0.15, 0.2) is 11.5 Å². The van der Waals surface area contributed by atoms with E-state index >= 15 is 0 Å². The minimum absolute atomic E-state index is 0.248. The van der Waals surface area contributed by atoms with E-state index in [1.165, 1.54) is 16.7 Å². The number of ether oxygens (including phenoxy) is 3. The molecular formula is C24H26N2O3. The van der Waals surface area contributed by atoms with E-state index in [9.17, 15) is 0 Å². The average Bonchev–Trinajstić information content (AvgIpc) is 2.79. The van der Waals surface area contributed by atoms with Gasteiger partial charge in [-0.1, -0.05) is 24.3 Å². The van der Waals surface area contributed by atoms with Gasteiger partial charge >= 0.3 is 0 Å². The van der Waals surface area contributed by atoms with Crippen LogP contribution in [0, 0.1) is 0 Å². The van der Waals surface area contributed by atoms with Crippen molar-refractivity contribution in [2.45, 2.75) is 18.9 Å². The van der Waals surface area contributed by atoms with Crippen LogP contribution < -0.4 is 19.5 Å². The number of benzene rings is 2. The second kappa shape index (κ2) is 8.53. The molecule has 3 aromatic rings. The van der Waals surface area contributed by atoms with Gasteiger partial charge in [0.25, 0.3) is 0 Å². The molecule has 150 valence electrons. The van der Waals surface area contributed by atoms with Crippen LogP contribution in [-0.2, 0) is 12.8 Å². The van der Waals surface area contributed by atoms with Crippen molar-refractivity contribution >= 4 is 0 Å². The molecule has 4 rings (SSSR count). The Kier molecular flexibility index (Phi) is 5.67. The van der Waals surface area contributed by atoms with Gasteiger partial charge in [-0.15, -0.1) is 0 Å². The molecule has 5 heteroatoms. The molecule has 0 amide bonds. The summed E-state index contributed by atoms with van der Waals surface area (Å²) in [6.45, 7) is 0.956. The van der Waals surface area contributed by atoms with Crippen LogP contribution in [0.2, 0.25) is 0 Å². The molecule has 1 aliphatic heterocycles. The molecule has 0 radical (unpaired) electrons. The summed E-state index contributed by atoms with van der Waals surface area (Å²) < 4.78 is 16.4. The van der Waals surface area contributed by atoms with Gasteiger partial charge in [0, 0.05) is 24.0 Å². The summed E-state index contributed by atoms with van der Waals surface area (Å²) in [6, 6.07) is 15.0. The SMILES string of the molecule is COc1cc2c(cc1OC)C(Cc1ccc(-c3cnccc3OC)cc1)NCC2. The Morgan fingerprint density at radius 3 is 2.38 bits per heavy atom. The predicted octanol–water partition coefficient (Wildman–Crippen LogP) is 4.20. The Labute approximate surface area is 171 Å².